The van der Waals surface area contributed by atoms with Crippen molar-refractivity contribution in [3.8, 4) is 11.6 Å². The molecule has 0 aromatic carbocycles. The summed E-state index contributed by atoms with van der Waals surface area (Å²) in [5.41, 5.74) is 2.30. The number of anilines is 1. The number of nitrogens with one attached hydrogen (secondary N) is 1. The summed E-state index contributed by atoms with van der Waals surface area (Å²) in [6, 6.07) is 2.12. The van der Waals surface area contributed by atoms with E-state index in [-0.39, 0.29) is 18.4 Å². The lowest BCUT2D eigenvalue weighted by molar-refractivity contribution is -0.116. The van der Waals surface area contributed by atoms with Crippen LogP contribution in [0.25, 0.3) is 11.6 Å². The van der Waals surface area contributed by atoms with Crippen molar-refractivity contribution < 1.29 is 9.21 Å². The van der Waals surface area contributed by atoms with Crippen molar-refractivity contribution in [3.63, 3.8) is 0 Å². The van der Waals surface area contributed by atoms with Crippen LogP contribution in [0.1, 0.15) is 37.9 Å². The molecule has 1 amide bonds. The Kier molecular flexibility index (Phi) is 4.64. The number of amides is 1. The Hall–Kier alpha value is -2.97. The number of aromatic nitrogens is 6. The van der Waals surface area contributed by atoms with E-state index in [2.05, 4.69) is 25.7 Å². The molecule has 0 fully saturated rings. The predicted molar refractivity (Wildman–Crippen MR) is 90.8 cm³/mol. The molecule has 3 heterocycles. The molecule has 25 heavy (non-hydrogen) atoms. The van der Waals surface area contributed by atoms with Crippen LogP contribution in [-0.2, 0) is 18.3 Å². The first-order valence-electron chi connectivity index (χ1n) is 8.10. The van der Waals surface area contributed by atoms with Gasteiger partial charge in [0.15, 0.2) is 0 Å². The number of rotatable bonds is 6. The van der Waals surface area contributed by atoms with Gasteiger partial charge in [-0.2, -0.15) is 10.2 Å². The standard InChI is InChI=1S/C16H21N7O2/c1-10(2)23-9-12(8-17-23)18-14(24)5-6-15-19-20-16(25-15)13-7-11(3)21-22(13)4/h7-10H,5-6H2,1-4H3,(H,18,24). The maximum absolute atomic E-state index is 12.0. The van der Waals surface area contributed by atoms with Crippen molar-refractivity contribution in [2.24, 2.45) is 7.05 Å². The van der Waals surface area contributed by atoms with E-state index in [0.717, 1.165) is 11.4 Å². The molecule has 0 saturated carbocycles. The van der Waals surface area contributed by atoms with E-state index in [4.69, 9.17) is 4.42 Å². The molecule has 1 N–H and O–H groups in total. The summed E-state index contributed by atoms with van der Waals surface area (Å²) in [6.07, 6.45) is 4.05. The predicted octanol–water partition coefficient (Wildman–Crippen LogP) is 2.13. The lowest BCUT2D eigenvalue weighted by Crippen LogP contribution is -2.12. The number of aryl methyl sites for hydroxylation is 3. The number of carbonyl (C=O) groups excluding carboxylic acids is 1. The van der Waals surface area contributed by atoms with Gasteiger partial charge in [-0.25, -0.2) is 0 Å². The molecule has 0 aliphatic carbocycles. The molecule has 0 aliphatic heterocycles. The average molecular weight is 343 g/mol. The summed E-state index contributed by atoms with van der Waals surface area (Å²) in [5.74, 6) is 0.693. The molecule has 0 unspecified atom stereocenters. The van der Waals surface area contributed by atoms with E-state index in [1.807, 2.05) is 33.9 Å². The third-order valence-corrected chi connectivity index (χ3v) is 3.67. The van der Waals surface area contributed by atoms with Gasteiger partial charge in [0.25, 0.3) is 5.89 Å². The van der Waals surface area contributed by atoms with Crippen molar-refractivity contribution in [2.75, 3.05) is 5.32 Å². The van der Waals surface area contributed by atoms with Crippen molar-refractivity contribution >= 4 is 11.6 Å². The Balaban J connectivity index is 1.56. The molecule has 0 saturated heterocycles. The molecule has 9 heteroatoms. The first-order chi connectivity index (χ1) is 11.9. The molecule has 3 aromatic rings. The van der Waals surface area contributed by atoms with Crippen molar-refractivity contribution in [2.45, 2.75) is 39.7 Å². The molecule has 9 nitrogen and oxygen atoms in total. The van der Waals surface area contributed by atoms with Gasteiger partial charge in [0.05, 0.1) is 17.6 Å². The summed E-state index contributed by atoms with van der Waals surface area (Å²) < 4.78 is 9.09. The van der Waals surface area contributed by atoms with Crippen molar-refractivity contribution in [1.82, 2.24) is 29.8 Å². The summed E-state index contributed by atoms with van der Waals surface area (Å²) in [7, 11) is 1.82. The molecule has 3 rings (SSSR count). The van der Waals surface area contributed by atoms with E-state index in [1.54, 1.807) is 21.8 Å². The molecule has 0 aliphatic rings. The summed E-state index contributed by atoms with van der Waals surface area (Å²) in [5, 5.41) is 19.3. The second-order valence-electron chi connectivity index (χ2n) is 6.15. The zero-order chi connectivity index (χ0) is 18.0. The minimum absolute atomic E-state index is 0.126. The van der Waals surface area contributed by atoms with Gasteiger partial charge in [-0.1, -0.05) is 0 Å². The van der Waals surface area contributed by atoms with Crippen LogP contribution in [0.4, 0.5) is 5.69 Å². The number of hydrogen-bond acceptors (Lipinski definition) is 6. The van der Waals surface area contributed by atoms with E-state index in [9.17, 15) is 4.79 Å². The quantitative estimate of drug-likeness (QED) is 0.735. The van der Waals surface area contributed by atoms with Gasteiger partial charge in [-0.05, 0) is 26.8 Å². The van der Waals surface area contributed by atoms with Gasteiger partial charge in [0.1, 0.15) is 5.69 Å². The van der Waals surface area contributed by atoms with Gasteiger partial charge in [0, 0.05) is 32.1 Å². The van der Waals surface area contributed by atoms with Crippen molar-refractivity contribution in [3.05, 3.63) is 30.0 Å². The third kappa shape index (κ3) is 3.93. The zero-order valence-electron chi connectivity index (χ0n) is 14.7. The van der Waals surface area contributed by atoms with Gasteiger partial charge >= 0.3 is 0 Å². The Morgan fingerprint density at radius 2 is 2.16 bits per heavy atom. The molecule has 0 atom stereocenters. The van der Waals surface area contributed by atoms with Gasteiger partial charge < -0.3 is 9.73 Å². The first kappa shape index (κ1) is 16.9. The summed E-state index contributed by atoms with van der Waals surface area (Å²) in [6.45, 7) is 5.94. The fourth-order valence-corrected chi connectivity index (χ4v) is 2.40. The van der Waals surface area contributed by atoms with Crippen LogP contribution < -0.4 is 5.32 Å². The van der Waals surface area contributed by atoms with E-state index < -0.39 is 0 Å². The molecular weight excluding hydrogens is 322 g/mol. The van der Waals surface area contributed by atoms with Gasteiger partial charge in [-0.3, -0.25) is 14.2 Å². The van der Waals surface area contributed by atoms with Crippen LogP contribution in [0.2, 0.25) is 0 Å². The maximum Gasteiger partial charge on any atom is 0.265 e. The number of carbonyl (C=O) groups is 1. The summed E-state index contributed by atoms with van der Waals surface area (Å²) in [4.78, 5) is 12.0. The fraction of sp³-hybridized carbons (Fsp3) is 0.438. The zero-order valence-corrected chi connectivity index (χ0v) is 14.7. The van der Waals surface area contributed by atoms with Crippen LogP contribution in [0.15, 0.2) is 22.9 Å². The smallest absolute Gasteiger partial charge is 0.265 e. The normalized spacial score (nSPS) is 11.2. The lowest BCUT2D eigenvalue weighted by atomic mass is 10.3. The highest BCUT2D eigenvalue weighted by Gasteiger charge is 2.14. The molecule has 0 radical (unpaired) electrons. The van der Waals surface area contributed by atoms with Crippen LogP contribution in [0, 0.1) is 6.92 Å². The minimum atomic E-state index is -0.126. The van der Waals surface area contributed by atoms with Crippen molar-refractivity contribution in [1.29, 1.82) is 0 Å². The topological polar surface area (TPSA) is 104 Å². The SMILES string of the molecule is Cc1cc(-c2nnc(CCC(=O)Nc3cnn(C(C)C)c3)o2)n(C)n1. The number of nitrogens with zero attached hydrogens (tertiary/aromatic N) is 6. The van der Waals surface area contributed by atoms with E-state index >= 15 is 0 Å². The number of hydrogen-bond donors (Lipinski definition) is 1. The largest absolute Gasteiger partial charge is 0.419 e. The fourth-order valence-electron chi connectivity index (χ4n) is 2.40. The molecular formula is C16H21N7O2. The van der Waals surface area contributed by atoms with Gasteiger partial charge in [-0.15, -0.1) is 10.2 Å². The van der Waals surface area contributed by atoms with Crippen LogP contribution in [-0.4, -0.2) is 35.7 Å². The lowest BCUT2D eigenvalue weighted by Gasteiger charge is -2.03. The Bertz CT molecular complexity index is 875. The van der Waals surface area contributed by atoms with Gasteiger partial charge in [0.2, 0.25) is 11.8 Å². The molecule has 132 valence electrons. The Labute approximate surface area is 145 Å². The maximum atomic E-state index is 12.0. The molecule has 0 spiro atoms. The highest BCUT2D eigenvalue weighted by Crippen LogP contribution is 2.18. The Morgan fingerprint density at radius 1 is 1.36 bits per heavy atom. The average Bonchev–Trinajstić information content (AvgIpc) is 3.25. The molecule has 3 aromatic heterocycles. The second kappa shape index (κ2) is 6.88. The molecule has 0 bridgehead atoms. The highest BCUT2D eigenvalue weighted by molar-refractivity contribution is 5.90. The van der Waals surface area contributed by atoms with Crippen LogP contribution >= 0.6 is 0 Å². The monoisotopic (exact) mass is 343 g/mol. The third-order valence-electron chi connectivity index (χ3n) is 3.67. The minimum Gasteiger partial charge on any atom is -0.419 e. The highest BCUT2D eigenvalue weighted by atomic mass is 16.4. The van der Waals surface area contributed by atoms with E-state index in [1.165, 1.54) is 0 Å². The summed E-state index contributed by atoms with van der Waals surface area (Å²) >= 11 is 0. The van der Waals surface area contributed by atoms with E-state index in [0.29, 0.717) is 23.9 Å². The van der Waals surface area contributed by atoms with Crippen LogP contribution in [0.5, 0.6) is 0 Å². The first-order valence-corrected chi connectivity index (χ1v) is 8.10. The van der Waals surface area contributed by atoms with Crippen LogP contribution in [0.3, 0.4) is 0 Å². The Morgan fingerprint density at radius 3 is 2.80 bits per heavy atom. The second-order valence-corrected chi connectivity index (χ2v) is 6.15.